The standard InChI is InChI=1S/C21H28N2O5/c1-3-26-13-15-28-20-10-6-18(7-11-20)23-21(24)16-22-17-4-8-19(9-5-17)27-14-12-25-2/h4-11,22H,3,12-16H2,1-2H3,(H,23,24). The van der Waals surface area contributed by atoms with Gasteiger partial charge in [0.05, 0.1) is 19.8 Å². The van der Waals surface area contributed by atoms with Gasteiger partial charge in [-0.1, -0.05) is 0 Å². The molecule has 0 atom stereocenters. The van der Waals surface area contributed by atoms with Gasteiger partial charge in [-0.25, -0.2) is 0 Å². The van der Waals surface area contributed by atoms with E-state index in [-0.39, 0.29) is 12.5 Å². The minimum absolute atomic E-state index is 0.134. The molecule has 0 aliphatic rings. The van der Waals surface area contributed by atoms with Crippen LogP contribution in [-0.4, -0.2) is 52.6 Å². The van der Waals surface area contributed by atoms with E-state index < -0.39 is 0 Å². The molecule has 0 aliphatic heterocycles. The number of nitrogens with one attached hydrogen (secondary N) is 2. The number of rotatable bonds is 13. The van der Waals surface area contributed by atoms with Gasteiger partial charge in [-0.05, 0) is 55.5 Å². The molecule has 7 heteroatoms. The lowest BCUT2D eigenvalue weighted by atomic mass is 10.3. The predicted molar refractivity (Wildman–Crippen MR) is 109 cm³/mol. The van der Waals surface area contributed by atoms with E-state index in [2.05, 4.69) is 10.6 Å². The molecule has 2 aromatic carbocycles. The van der Waals surface area contributed by atoms with Crippen LogP contribution in [0.2, 0.25) is 0 Å². The largest absolute Gasteiger partial charge is 0.491 e. The molecule has 0 saturated carbocycles. The van der Waals surface area contributed by atoms with E-state index in [1.54, 1.807) is 19.2 Å². The summed E-state index contributed by atoms with van der Waals surface area (Å²) in [5.74, 6) is 1.37. The molecule has 0 spiro atoms. The average Bonchev–Trinajstić information content (AvgIpc) is 2.72. The molecule has 0 radical (unpaired) electrons. The molecule has 152 valence electrons. The van der Waals surface area contributed by atoms with Crippen LogP contribution in [0, 0.1) is 0 Å². The van der Waals surface area contributed by atoms with E-state index in [9.17, 15) is 4.79 Å². The maximum Gasteiger partial charge on any atom is 0.243 e. The summed E-state index contributed by atoms with van der Waals surface area (Å²) in [7, 11) is 1.63. The van der Waals surface area contributed by atoms with E-state index in [0.717, 1.165) is 17.2 Å². The van der Waals surface area contributed by atoms with Gasteiger partial charge >= 0.3 is 0 Å². The van der Waals surface area contributed by atoms with Crippen molar-refractivity contribution >= 4 is 17.3 Å². The second kappa shape index (κ2) is 12.6. The van der Waals surface area contributed by atoms with E-state index in [4.69, 9.17) is 18.9 Å². The molecule has 0 aliphatic carbocycles. The molecule has 2 rings (SSSR count). The van der Waals surface area contributed by atoms with E-state index in [1.807, 2.05) is 43.3 Å². The molecule has 0 saturated heterocycles. The van der Waals surface area contributed by atoms with Gasteiger partial charge in [0, 0.05) is 25.1 Å². The summed E-state index contributed by atoms with van der Waals surface area (Å²) < 4.78 is 21.2. The zero-order valence-corrected chi connectivity index (χ0v) is 16.4. The Bertz CT molecular complexity index is 689. The second-order valence-corrected chi connectivity index (χ2v) is 5.84. The number of hydrogen-bond acceptors (Lipinski definition) is 6. The highest BCUT2D eigenvalue weighted by molar-refractivity contribution is 5.93. The molecule has 2 N–H and O–H groups in total. The Morgan fingerprint density at radius 3 is 1.96 bits per heavy atom. The maximum absolute atomic E-state index is 12.1. The summed E-state index contributed by atoms with van der Waals surface area (Å²) >= 11 is 0. The van der Waals surface area contributed by atoms with Crippen LogP contribution in [0.5, 0.6) is 11.5 Å². The molecule has 0 aromatic heterocycles. The van der Waals surface area contributed by atoms with Crippen molar-refractivity contribution in [3.8, 4) is 11.5 Å². The van der Waals surface area contributed by atoms with Crippen LogP contribution < -0.4 is 20.1 Å². The molecule has 28 heavy (non-hydrogen) atoms. The fourth-order valence-corrected chi connectivity index (χ4v) is 2.30. The molecule has 0 heterocycles. The highest BCUT2D eigenvalue weighted by atomic mass is 16.5. The van der Waals surface area contributed by atoms with Gasteiger partial charge in [-0.3, -0.25) is 4.79 Å². The Morgan fingerprint density at radius 2 is 1.39 bits per heavy atom. The molecule has 7 nitrogen and oxygen atoms in total. The zero-order valence-electron chi connectivity index (χ0n) is 16.4. The number of benzene rings is 2. The van der Waals surface area contributed by atoms with E-state index in [0.29, 0.717) is 38.7 Å². The number of carbonyl (C=O) groups excluding carboxylic acids is 1. The van der Waals surface area contributed by atoms with Crippen molar-refractivity contribution in [1.29, 1.82) is 0 Å². The smallest absolute Gasteiger partial charge is 0.243 e. The van der Waals surface area contributed by atoms with Crippen LogP contribution in [0.4, 0.5) is 11.4 Å². The summed E-state index contributed by atoms with van der Waals surface area (Å²) in [6.45, 7) is 4.88. The second-order valence-electron chi connectivity index (χ2n) is 5.84. The van der Waals surface area contributed by atoms with Gasteiger partial charge in [0.15, 0.2) is 0 Å². The number of amides is 1. The van der Waals surface area contributed by atoms with Crippen molar-refractivity contribution in [3.63, 3.8) is 0 Å². The Hall–Kier alpha value is -2.77. The maximum atomic E-state index is 12.1. The van der Waals surface area contributed by atoms with Gasteiger partial charge in [0.25, 0.3) is 0 Å². The van der Waals surface area contributed by atoms with Crippen LogP contribution in [0.1, 0.15) is 6.92 Å². The Balaban J connectivity index is 1.70. The van der Waals surface area contributed by atoms with E-state index in [1.165, 1.54) is 0 Å². The summed E-state index contributed by atoms with van der Waals surface area (Å²) in [4.78, 5) is 12.1. The van der Waals surface area contributed by atoms with Crippen molar-refractivity contribution in [2.24, 2.45) is 0 Å². The summed E-state index contributed by atoms with van der Waals surface area (Å²) in [5, 5.41) is 5.92. The fraction of sp³-hybridized carbons (Fsp3) is 0.381. The summed E-state index contributed by atoms with van der Waals surface area (Å²) in [5.41, 5.74) is 1.55. The van der Waals surface area contributed by atoms with Crippen LogP contribution in [0.25, 0.3) is 0 Å². The molecular weight excluding hydrogens is 360 g/mol. The monoisotopic (exact) mass is 388 g/mol. The average molecular weight is 388 g/mol. The van der Waals surface area contributed by atoms with Gasteiger partial charge in [0.1, 0.15) is 24.7 Å². The molecule has 2 aromatic rings. The Morgan fingerprint density at radius 1 is 0.821 bits per heavy atom. The quantitative estimate of drug-likeness (QED) is 0.513. The normalized spacial score (nSPS) is 10.4. The highest BCUT2D eigenvalue weighted by Gasteiger charge is 2.03. The van der Waals surface area contributed by atoms with Crippen molar-refractivity contribution in [3.05, 3.63) is 48.5 Å². The molecule has 1 amide bonds. The van der Waals surface area contributed by atoms with Crippen LogP contribution in [0.15, 0.2) is 48.5 Å². The van der Waals surface area contributed by atoms with Gasteiger partial charge in [0.2, 0.25) is 5.91 Å². The molecule has 0 fully saturated rings. The third-order valence-electron chi connectivity index (χ3n) is 3.70. The highest BCUT2D eigenvalue weighted by Crippen LogP contribution is 2.17. The zero-order chi connectivity index (χ0) is 20.0. The fourth-order valence-electron chi connectivity index (χ4n) is 2.30. The van der Waals surface area contributed by atoms with Crippen molar-refractivity contribution in [1.82, 2.24) is 0 Å². The number of anilines is 2. The van der Waals surface area contributed by atoms with Crippen LogP contribution in [0.3, 0.4) is 0 Å². The molecule has 0 unspecified atom stereocenters. The molecular formula is C21H28N2O5. The Kier molecular flexibility index (Phi) is 9.68. The lowest BCUT2D eigenvalue weighted by Crippen LogP contribution is -2.21. The van der Waals surface area contributed by atoms with E-state index >= 15 is 0 Å². The third kappa shape index (κ3) is 8.28. The van der Waals surface area contributed by atoms with Crippen molar-refractivity contribution in [2.45, 2.75) is 6.92 Å². The van der Waals surface area contributed by atoms with Crippen LogP contribution in [-0.2, 0) is 14.3 Å². The van der Waals surface area contributed by atoms with Gasteiger partial charge in [-0.15, -0.1) is 0 Å². The summed E-state index contributed by atoms with van der Waals surface area (Å²) in [6.07, 6.45) is 0. The molecule has 0 bridgehead atoms. The first kappa shape index (κ1) is 21.5. The van der Waals surface area contributed by atoms with Gasteiger partial charge in [-0.2, -0.15) is 0 Å². The SMILES string of the molecule is CCOCCOc1ccc(NC(=O)CNc2ccc(OCCOC)cc2)cc1. The lowest BCUT2D eigenvalue weighted by molar-refractivity contribution is -0.114. The van der Waals surface area contributed by atoms with Crippen molar-refractivity contribution < 1.29 is 23.7 Å². The first-order chi connectivity index (χ1) is 13.7. The Labute approximate surface area is 165 Å². The lowest BCUT2D eigenvalue weighted by Gasteiger charge is -2.10. The number of ether oxygens (including phenoxy) is 4. The minimum Gasteiger partial charge on any atom is -0.491 e. The summed E-state index contributed by atoms with van der Waals surface area (Å²) in [6, 6.07) is 14.7. The predicted octanol–water partition coefficient (Wildman–Crippen LogP) is 3.18. The number of hydrogen-bond donors (Lipinski definition) is 2. The minimum atomic E-state index is -0.134. The number of methoxy groups -OCH3 is 1. The number of carbonyl (C=O) groups is 1. The van der Waals surface area contributed by atoms with Gasteiger partial charge < -0.3 is 29.6 Å². The third-order valence-corrected chi connectivity index (χ3v) is 3.70. The first-order valence-electron chi connectivity index (χ1n) is 9.27. The van der Waals surface area contributed by atoms with Crippen LogP contribution >= 0.6 is 0 Å². The first-order valence-corrected chi connectivity index (χ1v) is 9.27. The topological polar surface area (TPSA) is 78.1 Å². The van der Waals surface area contributed by atoms with Crippen molar-refractivity contribution in [2.75, 3.05) is 57.3 Å².